The second-order valence-corrected chi connectivity index (χ2v) is 5.82. The number of carboxylic acid groups (broad SMARTS) is 1. The molecule has 138 valence electrons. The molecule has 1 saturated heterocycles. The van der Waals surface area contributed by atoms with Gasteiger partial charge in [-0.1, -0.05) is 24.3 Å². The molecule has 0 aliphatic carbocycles. The summed E-state index contributed by atoms with van der Waals surface area (Å²) in [5.41, 5.74) is 6.97. The van der Waals surface area contributed by atoms with Crippen LogP contribution in [0.25, 0.3) is 6.08 Å². The summed E-state index contributed by atoms with van der Waals surface area (Å²) in [6, 6.07) is 12.8. The lowest BCUT2D eigenvalue weighted by molar-refractivity contribution is -0.138. The third kappa shape index (κ3) is 4.71. The monoisotopic (exact) mass is 368 g/mol. The maximum absolute atomic E-state index is 11.4. The largest absolute Gasteiger partial charge is 0.480 e. The molecule has 0 radical (unpaired) electrons. The van der Waals surface area contributed by atoms with Crippen molar-refractivity contribution in [3.63, 3.8) is 0 Å². The molecule has 3 rings (SSSR count). The Hall–Kier alpha value is -3.65. The van der Waals surface area contributed by atoms with Crippen LogP contribution in [0.15, 0.2) is 54.3 Å². The van der Waals surface area contributed by atoms with Crippen molar-refractivity contribution in [3.05, 3.63) is 65.4 Å². The molecule has 1 atom stereocenters. The standard InChI is InChI=1S/C19H16N2O6/c20-15(18(23)24)9-11-1-5-13(6-2-11)26-14-7-3-12(4-8-14)10-16-17(22)21-19(25)27-16/h1-8,10,15H,9,20H2,(H,23,24)(H,21,22,25)/b16-10+. The molecule has 8 heteroatoms. The summed E-state index contributed by atoms with van der Waals surface area (Å²) < 4.78 is 10.5. The minimum atomic E-state index is -1.05. The van der Waals surface area contributed by atoms with Gasteiger partial charge < -0.3 is 20.3 Å². The number of cyclic esters (lactones) is 1. The number of ether oxygens (including phenoxy) is 2. The Kier molecular flexibility index (Phi) is 5.18. The average Bonchev–Trinajstić information content (AvgIpc) is 2.95. The maximum Gasteiger partial charge on any atom is 0.419 e. The van der Waals surface area contributed by atoms with Gasteiger partial charge in [0.15, 0.2) is 5.76 Å². The highest BCUT2D eigenvalue weighted by Gasteiger charge is 2.25. The molecule has 1 unspecified atom stereocenters. The highest BCUT2D eigenvalue weighted by molar-refractivity contribution is 6.09. The number of nitrogens with one attached hydrogen (secondary N) is 1. The van der Waals surface area contributed by atoms with Gasteiger partial charge >= 0.3 is 12.1 Å². The molecule has 27 heavy (non-hydrogen) atoms. The topological polar surface area (TPSA) is 128 Å². The highest BCUT2D eigenvalue weighted by atomic mass is 16.6. The number of hydrogen-bond acceptors (Lipinski definition) is 6. The number of imide groups is 1. The first-order valence-corrected chi connectivity index (χ1v) is 8.01. The molecule has 0 spiro atoms. The average molecular weight is 368 g/mol. The first kappa shape index (κ1) is 18.2. The molecule has 1 fully saturated rings. The van der Waals surface area contributed by atoms with Gasteiger partial charge in [-0.2, -0.15) is 0 Å². The Morgan fingerprint density at radius 2 is 1.70 bits per heavy atom. The van der Waals surface area contributed by atoms with Crippen molar-refractivity contribution < 1.29 is 29.0 Å². The zero-order valence-electron chi connectivity index (χ0n) is 14.0. The Bertz CT molecular complexity index is 903. The number of rotatable bonds is 6. The van der Waals surface area contributed by atoms with Gasteiger partial charge in [0.2, 0.25) is 0 Å². The molecule has 2 amide bonds. The van der Waals surface area contributed by atoms with Crippen LogP contribution in [0, 0.1) is 0 Å². The summed E-state index contributed by atoms with van der Waals surface area (Å²) >= 11 is 0. The van der Waals surface area contributed by atoms with E-state index < -0.39 is 24.0 Å². The third-order valence-electron chi connectivity index (χ3n) is 3.75. The van der Waals surface area contributed by atoms with Crippen LogP contribution in [0.5, 0.6) is 11.5 Å². The van der Waals surface area contributed by atoms with Crippen LogP contribution < -0.4 is 15.8 Å². The zero-order valence-corrected chi connectivity index (χ0v) is 14.0. The van der Waals surface area contributed by atoms with Gasteiger partial charge in [-0.15, -0.1) is 0 Å². The van der Waals surface area contributed by atoms with Gasteiger partial charge in [0.25, 0.3) is 5.91 Å². The van der Waals surface area contributed by atoms with Gasteiger partial charge in [0.05, 0.1) is 0 Å². The fraction of sp³-hybridized carbons (Fsp3) is 0.105. The summed E-state index contributed by atoms with van der Waals surface area (Å²) in [7, 11) is 0. The van der Waals surface area contributed by atoms with Crippen molar-refractivity contribution in [2.24, 2.45) is 5.73 Å². The van der Waals surface area contributed by atoms with Gasteiger partial charge in [-0.3, -0.25) is 14.9 Å². The van der Waals surface area contributed by atoms with E-state index in [1.165, 1.54) is 6.08 Å². The Morgan fingerprint density at radius 3 is 2.22 bits per heavy atom. The Balaban J connectivity index is 1.63. The quantitative estimate of drug-likeness (QED) is 0.666. The van der Waals surface area contributed by atoms with Crippen LogP contribution in [-0.2, 0) is 20.7 Å². The van der Waals surface area contributed by atoms with Crippen LogP contribution in [0.3, 0.4) is 0 Å². The first-order chi connectivity index (χ1) is 12.9. The van der Waals surface area contributed by atoms with Crippen LogP contribution in [0.1, 0.15) is 11.1 Å². The Morgan fingerprint density at radius 1 is 1.11 bits per heavy atom. The highest BCUT2D eigenvalue weighted by Crippen LogP contribution is 2.23. The lowest BCUT2D eigenvalue weighted by Crippen LogP contribution is -2.32. The van der Waals surface area contributed by atoms with E-state index in [1.54, 1.807) is 48.5 Å². The van der Waals surface area contributed by atoms with E-state index in [2.05, 4.69) is 0 Å². The minimum Gasteiger partial charge on any atom is -0.480 e. The molecule has 1 aliphatic rings. The number of carboxylic acids is 1. The van der Waals surface area contributed by atoms with Crippen LogP contribution in [0.2, 0.25) is 0 Å². The Labute approximate surface area is 154 Å². The molecular weight excluding hydrogens is 352 g/mol. The minimum absolute atomic E-state index is 0.0659. The van der Waals surface area contributed by atoms with Gasteiger partial charge in [-0.05, 0) is 47.9 Å². The summed E-state index contributed by atoms with van der Waals surface area (Å²) in [5, 5.41) is 10.9. The first-order valence-electron chi connectivity index (χ1n) is 8.01. The lowest BCUT2D eigenvalue weighted by atomic mass is 10.1. The van der Waals surface area contributed by atoms with Crippen molar-refractivity contribution in [1.82, 2.24) is 5.32 Å². The summed E-state index contributed by atoms with van der Waals surface area (Å²) in [6.07, 6.45) is 0.890. The molecule has 2 aromatic carbocycles. The van der Waals surface area contributed by atoms with Gasteiger partial charge in [0.1, 0.15) is 17.5 Å². The van der Waals surface area contributed by atoms with Gasteiger partial charge in [0, 0.05) is 0 Å². The predicted molar refractivity (Wildman–Crippen MR) is 94.9 cm³/mol. The SMILES string of the molecule is NC(Cc1ccc(Oc2ccc(/C=C3/OC(=O)NC3=O)cc2)cc1)C(=O)O. The molecule has 0 bridgehead atoms. The lowest BCUT2D eigenvalue weighted by Gasteiger charge is -2.09. The normalized spacial score (nSPS) is 16.0. The number of aliphatic carboxylic acids is 1. The van der Waals surface area contributed by atoms with E-state index in [0.29, 0.717) is 17.1 Å². The number of hydrogen-bond donors (Lipinski definition) is 3. The molecule has 0 saturated carbocycles. The van der Waals surface area contributed by atoms with E-state index in [4.69, 9.17) is 20.3 Å². The van der Waals surface area contributed by atoms with Crippen molar-refractivity contribution in [2.75, 3.05) is 0 Å². The molecule has 1 heterocycles. The number of carbonyl (C=O) groups is 3. The van der Waals surface area contributed by atoms with Crippen molar-refractivity contribution in [2.45, 2.75) is 12.5 Å². The fourth-order valence-corrected chi connectivity index (χ4v) is 2.38. The van der Waals surface area contributed by atoms with E-state index in [-0.39, 0.29) is 12.2 Å². The van der Waals surface area contributed by atoms with Crippen molar-refractivity contribution in [3.8, 4) is 11.5 Å². The van der Waals surface area contributed by atoms with E-state index in [0.717, 1.165) is 5.56 Å². The molecular formula is C19H16N2O6. The van der Waals surface area contributed by atoms with Crippen LogP contribution in [0.4, 0.5) is 4.79 Å². The van der Waals surface area contributed by atoms with Crippen LogP contribution in [-0.4, -0.2) is 29.1 Å². The third-order valence-corrected chi connectivity index (χ3v) is 3.75. The van der Waals surface area contributed by atoms with Crippen molar-refractivity contribution in [1.29, 1.82) is 0 Å². The molecule has 4 N–H and O–H groups in total. The molecule has 8 nitrogen and oxygen atoms in total. The molecule has 1 aliphatic heterocycles. The fourth-order valence-electron chi connectivity index (χ4n) is 2.38. The number of benzene rings is 2. The second kappa shape index (κ2) is 7.71. The van der Waals surface area contributed by atoms with Crippen LogP contribution >= 0.6 is 0 Å². The smallest absolute Gasteiger partial charge is 0.419 e. The van der Waals surface area contributed by atoms with E-state index >= 15 is 0 Å². The predicted octanol–water partition coefficient (Wildman–Crippen LogP) is 2.04. The van der Waals surface area contributed by atoms with Crippen molar-refractivity contribution >= 4 is 24.0 Å². The number of nitrogens with two attached hydrogens (primary N) is 1. The number of amides is 2. The number of alkyl carbamates (subject to hydrolysis) is 1. The van der Waals surface area contributed by atoms with E-state index in [1.807, 2.05) is 5.32 Å². The summed E-state index contributed by atoms with van der Waals surface area (Å²) in [4.78, 5) is 33.2. The maximum atomic E-state index is 11.4. The zero-order chi connectivity index (χ0) is 19.4. The van der Waals surface area contributed by atoms with Gasteiger partial charge in [-0.25, -0.2) is 4.79 Å². The summed E-state index contributed by atoms with van der Waals surface area (Å²) in [5.74, 6) is -0.542. The molecule has 2 aromatic rings. The van der Waals surface area contributed by atoms with E-state index in [9.17, 15) is 14.4 Å². The second-order valence-electron chi connectivity index (χ2n) is 5.82. The molecule has 0 aromatic heterocycles. The number of carbonyl (C=O) groups excluding carboxylic acids is 2. The summed E-state index contributed by atoms with van der Waals surface area (Å²) in [6.45, 7) is 0.